The van der Waals surface area contributed by atoms with E-state index in [1.807, 2.05) is 6.20 Å². The molecule has 1 aromatic heterocycles. The summed E-state index contributed by atoms with van der Waals surface area (Å²) in [6.45, 7) is 7.60. The maximum absolute atomic E-state index is 9.52. The highest BCUT2D eigenvalue weighted by atomic mass is 32.1. The molecule has 18 heavy (non-hydrogen) atoms. The van der Waals surface area contributed by atoms with E-state index < -0.39 is 0 Å². The van der Waals surface area contributed by atoms with Gasteiger partial charge in [-0.3, -0.25) is 0 Å². The summed E-state index contributed by atoms with van der Waals surface area (Å²) in [6, 6.07) is 0. The third kappa shape index (κ3) is 3.53. The van der Waals surface area contributed by atoms with E-state index in [1.165, 1.54) is 22.7 Å². The lowest BCUT2D eigenvalue weighted by Crippen LogP contribution is -2.47. The molecule has 2 rings (SSSR count). The lowest BCUT2D eigenvalue weighted by molar-refractivity contribution is 0.154. The van der Waals surface area contributed by atoms with Gasteiger partial charge in [-0.15, -0.1) is 11.3 Å². The molecule has 102 valence electrons. The highest BCUT2D eigenvalue weighted by Gasteiger charge is 2.40. The standard InChI is InChI=1S/C14H24N2OS/c1-10(2)6-13-15-7-12(18-13)8-16-14(3,9-17)11-4-5-11/h7,10-11,16-17H,4-6,8-9H2,1-3H3. The monoisotopic (exact) mass is 268 g/mol. The maximum atomic E-state index is 9.52. The van der Waals surface area contributed by atoms with E-state index in [-0.39, 0.29) is 12.1 Å². The number of aromatic nitrogens is 1. The Kier molecular flexibility index (Phi) is 4.41. The highest BCUT2D eigenvalue weighted by Crippen LogP contribution is 2.39. The van der Waals surface area contributed by atoms with Crippen molar-refractivity contribution in [1.82, 2.24) is 10.3 Å². The number of aliphatic hydroxyl groups excluding tert-OH is 1. The van der Waals surface area contributed by atoms with Gasteiger partial charge in [-0.25, -0.2) is 4.98 Å². The van der Waals surface area contributed by atoms with Crippen LogP contribution in [0.1, 0.15) is 43.5 Å². The summed E-state index contributed by atoms with van der Waals surface area (Å²) >= 11 is 1.79. The zero-order valence-electron chi connectivity index (χ0n) is 11.6. The zero-order valence-corrected chi connectivity index (χ0v) is 12.4. The first kappa shape index (κ1) is 14.0. The molecule has 0 aliphatic heterocycles. The van der Waals surface area contributed by atoms with Crippen LogP contribution in [-0.2, 0) is 13.0 Å². The Balaban J connectivity index is 1.87. The number of thiazole rings is 1. The topological polar surface area (TPSA) is 45.2 Å². The van der Waals surface area contributed by atoms with Crippen molar-refractivity contribution in [2.24, 2.45) is 11.8 Å². The molecule has 0 saturated heterocycles. The largest absolute Gasteiger partial charge is 0.394 e. The quantitative estimate of drug-likeness (QED) is 0.799. The van der Waals surface area contributed by atoms with Crippen molar-refractivity contribution in [2.75, 3.05) is 6.61 Å². The maximum Gasteiger partial charge on any atom is 0.0930 e. The Labute approximate surface area is 114 Å². The minimum atomic E-state index is -0.109. The number of nitrogens with one attached hydrogen (secondary N) is 1. The molecule has 0 bridgehead atoms. The Morgan fingerprint density at radius 3 is 2.83 bits per heavy atom. The van der Waals surface area contributed by atoms with Crippen molar-refractivity contribution in [1.29, 1.82) is 0 Å². The second-order valence-corrected chi connectivity index (χ2v) is 7.22. The van der Waals surface area contributed by atoms with Crippen LogP contribution < -0.4 is 5.32 Å². The van der Waals surface area contributed by atoms with Crippen LogP contribution in [0.25, 0.3) is 0 Å². The van der Waals surface area contributed by atoms with Crippen LogP contribution in [0, 0.1) is 11.8 Å². The first-order valence-corrected chi connectivity index (χ1v) is 7.64. The molecule has 1 unspecified atom stereocenters. The van der Waals surface area contributed by atoms with Gasteiger partial charge in [-0.05, 0) is 31.6 Å². The molecule has 1 aliphatic carbocycles. The minimum Gasteiger partial charge on any atom is -0.394 e. The van der Waals surface area contributed by atoms with Gasteiger partial charge in [0.25, 0.3) is 0 Å². The summed E-state index contributed by atoms with van der Waals surface area (Å²) in [5, 5.41) is 14.3. The lowest BCUT2D eigenvalue weighted by atomic mass is 9.97. The van der Waals surface area contributed by atoms with Crippen molar-refractivity contribution in [3.63, 3.8) is 0 Å². The fourth-order valence-corrected chi connectivity index (χ4v) is 3.29. The average Bonchev–Trinajstić information content (AvgIpc) is 3.09. The molecule has 1 aliphatic rings. The van der Waals surface area contributed by atoms with E-state index >= 15 is 0 Å². The van der Waals surface area contributed by atoms with Crippen LogP contribution in [0.15, 0.2) is 6.20 Å². The van der Waals surface area contributed by atoms with Crippen LogP contribution in [-0.4, -0.2) is 22.2 Å². The van der Waals surface area contributed by atoms with Crippen LogP contribution in [0.3, 0.4) is 0 Å². The molecule has 1 heterocycles. The zero-order chi connectivity index (χ0) is 13.2. The van der Waals surface area contributed by atoms with E-state index in [4.69, 9.17) is 0 Å². The third-order valence-corrected chi connectivity index (χ3v) is 4.68. The molecule has 0 radical (unpaired) electrons. The molecule has 0 amide bonds. The number of hydrogen-bond acceptors (Lipinski definition) is 4. The Morgan fingerprint density at radius 1 is 1.56 bits per heavy atom. The number of rotatable bonds is 7. The average molecular weight is 268 g/mol. The van der Waals surface area contributed by atoms with Gasteiger partial charge in [0.2, 0.25) is 0 Å². The first-order valence-electron chi connectivity index (χ1n) is 6.83. The normalized spacial score (nSPS) is 19.2. The van der Waals surface area contributed by atoms with Gasteiger partial charge in [-0.1, -0.05) is 13.8 Å². The highest BCUT2D eigenvalue weighted by molar-refractivity contribution is 7.11. The Hall–Kier alpha value is -0.450. The van der Waals surface area contributed by atoms with Gasteiger partial charge in [0.1, 0.15) is 0 Å². The fourth-order valence-electron chi connectivity index (χ4n) is 2.21. The first-order chi connectivity index (χ1) is 8.53. The summed E-state index contributed by atoms with van der Waals surface area (Å²) < 4.78 is 0. The fraction of sp³-hybridized carbons (Fsp3) is 0.786. The molecule has 1 fully saturated rings. The molecule has 4 heteroatoms. The molecule has 2 N–H and O–H groups in total. The third-order valence-electron chi connectivity index (χ3n) is 3.66. The molecule has 1 atom stereocenters. The molecular formula is C14H24N2OS. The Bertz CT molecular complexity index is 387. The second kappa shape index (κ2) is 5.68. The van der Waals surface area contributed by atoms with Gasteiger partial charge < -0.3 is 10.4 Å². The predicted octanol–water partition coefficient (Wildman–Crippen LogP) is 2.59. The number of aliphatic hydroxyl groups is 1. The van der Waals surface area contributed by atoms with E-state index in [1.54, 1.807) is 11.3 Å². The molecule has 1 saturated carbocycles. The molecule has 3 nitrogen and oxygen atoms in total. The van der Waals surface area contributed by atoms with Crippen molar-refractivity contribution < 1.29 is 5.11 Å². The molecule has 1 aromatic rings. The smallest absolute Gasteiger partial charge is 0.0930 e. The Morgan fingerprint density at radius 2 is 2.28 bits per heavy atom. The SMILES string of the molecule is CC(C)Cc1ncc(CNC(C)(CO)C2CC2)s1. The van der Waals surface area contributed by atoms with E-state index in [0.717, 1.165) is 13.0 Å². The van der Waals surface area contributed by atoms with Gasteiger partial charge in [0.15, 0.2) is 0 Å². The van der Waals surface area contributed by atoms with Crippen molar-refractivity contribution in [3.8, 4) is 0 Å². The summed E-state index contributed by atoms with van der Waals surface area (Å²) in [4.78, 5) is 5.73. The molecule has 0 aromatic carbocycles. The summed E-state index contributed by atoms with van der Waals surface area (Å²) in [6.07, 6.45) is 5.52. The summed E-state index contributed by atoms with van der Waals surface area (Å²) in [5.41, 5.74) is -0.109. The van der Waals surface area contributed by atoms with Crippen LogP contribution in [0.5, 0.6) is 0 Å². The van der Waals surface area contributed by atoms with Crippen molar-refractivity contribution in [2.45, 2.75) is 52.1 Å². The van der Waals surface area contributed by atoms with Crippen LogP contribution in [0.4, 0.5) is 0 Å². The van der Waals surface area contributed by atoms with E-state index in [2.05, 4.69) is 31.1 Å². The lowest BCUT2D eigenvalue weighted by Gasteiger charge is -2.28. The molecule has 0 spiro atoms. The molecular weight excluding hydrogens is 244 g/mol. The predicted molar refractivity (Wildman–Crippen MR) is 75.7 cm³/mol. The second-order valence-electron chi connectivity index (χ2n) is 6.02. The summed E-state index contributed by atoms with van der Waals surface area (Å²) in [7, 11) is 0. The van der Waals surface area contributed by atoms with Crippen molar-refractivity contribution >= 4 is 11.3 Å². The van der Waals surface area contributed by atoms with E-state index in [9.17, 15) is 5.11 Å². The van der Waals surface area contributed by atoms with E-state index in [0.29, 0.717) is 11.8 Å². The van der Waals surface area contributed by atoms with Gasteiger partial charge >= 0.3 is 0 Å². The minimum absolute atomic E-state index is 0.109. The summed E-state index contributed by atoms with van der Waals surface area (Å²) in [5.74, 6) is 1.30. The van der Waals surface area contributed by atoms with Gasteiger partial charge in [0, 0.05) is 29.6 Å². The van der Waals surface area contributed by atoms with Gasteiger partial charge in [-0.2, -0.15) is 0 Å². The van der Waals surface area contributed by atoms with Crippen molar-refractivity contribution in [3.05, 3.63) is 16.1 Å². The van der Waals surface area contributed by atoms with Crippen LogP contribution >= 0.6 is 11.3 Å². The number of hydrogen-bond donors (Lipinski definition) is 2. The van der Waals surface area contributed by atoms with Crippen LogP contribution in [0.2, 0.25) is 0 Å². The van der Waals surface area contributed by atoms with Gasteiger partial charge in [0.05, 0.1) is 11.6 Å². The number of nitrogens with zero attached hydrogens (tertiary/aromatic N) is 1.